The molecule has 5 heteroatoms. The molecule has 132 heavy (non-hydrogen) atoms. The van der Waals surface area contributed by atoms with Crippen LogP contribution < -0.4 is 24.5 Å². The summed E-state index contributed by atoms with van der Waals surface area (Å²) in [7, 11) is 0. The van der Waals surface area contributed by atoms with E-state index in [1.165, 1.54) is 174 Å². The van der Waals surface area contributed by atoms with Gasteiger partial charge in [0, 0.05) is 79.9 Å². The van der Waals surface area contributed by atoms with Crippen molar-refractivity contribution in [1.29, 1.82) is 0 Å². The predicted octanol–water partition coefficient (Wildman–Crippen LogP) is 33.6. The van der Waals surface area contributed by atoms with E-state index in [0.29, 0.717) is 30.0 Å². The number of para-hydroxylation sites is 10. The van der Waals surface area contributed by atoms with Crippen molar-refractivity contribution in [2.75, 3.05) is 24.5 Å². The van der Waals surface area contributed by atoms with Crippen LogP contribution >= 0.6 is 0 Å². The van der Waals surface area contributed by atoms with Crippen LogP contribution in [0.2, 0.25) is 0 Å². The molecule has 0 fully saturated rings. The van der Waals surface area contributed by atoms with E-state index in [0.717, 1.165) is 0 Å². The van der Waals surface area contributed by atoms with Gasteiger partial charge in [-0.05, 0) is 251 Å². The lowest BCUT2D eigenvalue weighted by Gasteiger charge is -2.47. The van der Waals surface area contributed by atoms with E-state index in [1.54, 1.807) is 0 Å². The van der Waals surface area contributed by atoms with E-state index < -0.39 is 0 Å². The van der Waals surface area contributed by atoms with Crippen molar-refractivity contribution in [3.8, 4) is 11.1 Å². The third-order valence-electron chi connectivity index (χ3n) is 28.8. The zero-order valence-corrected chi connectivity index (χ0v) is 79.1. The Balaban J connectivity index is 0.000000107. The maximum atomic E-state index is 2.50. The first-order chi connectivity index (χ1) is 64.1. The minimum absolute atomic E-state index is 0.000650. The smallest absolute Gasteiger partial charge is 0.0754 e. The van der Waals surface area contributed by atoms with E-state index in [9.17, 15) is 0 Å². The number of anilines is 12. The van der Waals surface area contributed by atoms with Gasteiger partial charge < -0.3 is 24.5 Å². The van der Waals surface area contributed by atoms with Crippen molar-refractivity contribution < 1.29 is 0 Å². The van der Waals surface area contributed by atoms with Crippen molar-refractivity contribution in [2.45, 2.75) is 161 Å². The van der Waals surface area contributed by atoms with Crippen LogP contribution in [0.3, 0.4) is 0 Å². The Morgan fingerprint density at radius 1 is 0.182 bits per heavy atom. The zero-order chi connectivity index (χ0) is 91.4. The quantitative estimate of drug-likeness (QED) is 0.135. The summed E-state index contributed by atoms with van der Waals surface area (Å²) in [6.07, 6.45) is 0. The van der Waals surface area contributed by atoms with Crippen LogP contribution in [-0.4, -0.2) is 18.1 Å². The summed E-state index contributed by atoms with van der Waals surface area (Å²) in [6.45, 7) is 34.3. The van der Waals surface area contributed by atoms with Crippen LogP contribution in [0.25, 0.3) is 11.1 Å². The Morgan fingerprint density at radius 3 is 0.750 bits per heavy atom. The lowest BCUT2D eigenvalue weighted by atomic mass is 9.62. The standard InChI is InChI=1S/C28H23N.C28H25N.2C24H25N.C23H23N/c1-19(2)29-26-17-9-7-15-24(26)28(25-16-8-10-18-27(25)29)22-13-5-3-11-20(22)21-12-4-6-14-23(21)28;1-21(2)29-26-19-11-9-17-24(26)28(22-13-5-3-6-14-22,23-15-7-4-8-16-23)25-18-10-12-20-27(25)29;1-17(2)18-10-9-11-19(16-18)25-22-14-7-5-12-20(22)24(3,4)21-13-6-8-15-23(21)25;1-17(2)18-13-15-19(16-14-18)25-22-11-7-5-9-20(22)24(3,4)21-10-6-8-12-23(21)25;1-17(2)24-21-15-9-7-13-19(21)23(3,18-11-5-4-6-12-18)20-14-8-10-16-22(20)24/h3-19H,1-2H3;3-21H,1-2H3;2*5-17H,1-4H3;4-17H,1-3H3. The van der Waals surface area contributed by atoms with Gasteiger partial charge in [-0.25, -0.2) is 0 Å². The third-order valence-corrected chi connectivity index (χ3v) is 28.8. The Kier molecular flexibility index (Phi) is 23.5. The first kappa shape index (κ1) is 87.1. The Hall–Kier alpha value is -14.3. The van der Waals surface area contributed by atoms with Crippen LogP contribution in [0.1, 0.15) is 210 Å². The van der Waals surface area contributed by atoms with Gasteiger partial charge in [0.05, 0.1) is 33.6 Å². The molecule has 6 aliphatic rings. The molecule has 0 saturated carbocycles. The second kappa shape index (κ2) is 35.5. The van der Waals surface area contributed by atoms with E-state index in [1.807, 2.05) is 0 Å². The van der Waals surface area contributed by atoms with Gasteiger partial charge in [-0.2, -0.15) is 0 Å². The molecule has 5 nitrogen and oxygen atoms in total. The summed E-state index contributed by atoms with van der Waals surface area (Å²) in [5.41, 5.74) is 40.5. The summed E-state index contributed by atoms with van der Waals surface area (Å²) in [6, 6.07) is 158. The van der Waals surface area contributed by atoms with Gasteiger partial charge in [0.1, 0.15) is 0 Å². The molecular weight excluding hydrogens is 1600 g/mol. The SMILES string of the molecule is CC(C)N1c2ccccc2C(C)(c2ccccc2)c2ccccc21.CC(C)N1c2ccccc2C(c2ccccc2)(c2ccccc2)c2ccccc21.CC(C)N1c2ccccc2C2(c3ccccc3-c3ccccc32)c2ccccc21.CC(C)c1ccc(N2c3ccccc3C(C)(C)c3ccccc32)cc1.CC(C)c1cccc(N2c3ccccc3C(C)(C)c3ccccc32)c1. The number of fused-ring (bicyclic) bond motifs is 17. The monoisotopic (exact) mass is 1720 g/mol. The van der Waals surface area contributed by atoms with Crippen LogP contribution in [0.4, 0.5) is 68.2 Å². The van der Waals surface area contributed by atoms with Crippen LogP contribution in [0.15, 0.2) is 431 Å². The molecular formula is C127H121N5. The van der Waals surface area contributed by atoms with Crippen LogP contribution in [0.5, 0.6) is 0 Å². The maximum Gasteiger partial charge on any atom is 0.0754 e. The highest BCUT2D eigenvalue weighted by Crippen LogP contribution is 2.64. The molecule has 17 aromatic carbocycles. The molecule has 17 aromatic rings. The third kappa shape index (κ3) is 14.5. The van der Waals surface area contributed by atoms with E-state index in [2.05, 4.69) is 559 Å². The summed E-state index contributed by atoms with van der Waals surface area (Å²) < 4.78 is 0. The first-order valence-corrected chi connectivity index (χ1v) is 47.6. The summed E-state index contributed by atoms with van der Waals surface area (Å²) in [4.78, 5) is 12.3. The topological polar surface area (TPSA) is 16.2 Å². The fraction of sp³-hybridized carbons (Fsp3) is 0.197. The second-order valence-electron chi connectivity index (χ2n) is 38.8. The highest BCUT2D eigenvalue weighted by molar-refractivity contribution is 5.95. The fourth-order valence-electron chi connectivity index (χ4n) is 22.7. The Bertz CT molecular complexity index is 6580. The molecule has 0 unspecified atom stereocenters. The van der Waals surface area contributed by atoms with Crippen LogP contribution in [-0.2, 0) is 27.1 Å². The van der Waals surface area contributed by atoms with Gasteiger partial charge in [-0.3, -0.25) is 0 Å². The molecule has 0 atom stereocenters. The molecule has 23 rings (SSSR count). The molecule has 0 N–H and O–H groups in total. The molecule has 654 valence electrons. The highest BCUT2D eigenvalue weighted by Gasteiger charge is 2.53. The molecule has 0 amide bonds. The number of benzene rings is 17. The average molecular weight is 1720 g/mol. The first-order valence-electron chi connectivity index (χ1n) is 47.6. The lowest BCUT2D eigenvalue weighted by molar-refractivity contribution is 0.631. The minimum atomic E-state index is -0.346. The molecule has 1 aliphatic carbocycles. The fourth-order valence-corrected chi connectivity index (χ4v) is 22.7. The average Bonchev–Trinajstić information content (AvgIpc) is 1.22. The van der Waals surface area contributed by atoms with Gasteiger partial charge in [0.15, 0.2) is 0 Å². The molecule has 1 spiro atoms. The van der Waals surface area contributed by atoms with Gasteiger partial charge in [-0.15, -0.1) is 0 Å². The number of nitrogens with zero attached hydrogens (tertiary/aromatic N) is 5. The normalized spacial score (nSPS) is 14.9. The molecule has 5 heterocycles. The minimum Gasteiger partial charge on any atom is -0.338 e. The maximum absolute atomic E-state index is 2.50. The van der Waals surface area contributed by atoms with Gasteiger partial charge in [0.25, 0.3) is 0 Å². The molecule has 0 radical (unpaired) electrons. The lowest BCUT2D eigenvalue weighted by Crippen LogP contribution is -2.41. The largest absolute Gasteiger partial charge is 0.338 e. The van der Waals surface area contributed by atoms with Crippen molar-refractivity contribution in [3.05, 3.63) is 525 Å². The molecule has 0 aromatic heterocycles. The molecule has 0 bridgehead atoms. The Labute approximate surface area is 784 Å². The molecule has 5 aliphatic heterocycles. The van der Waals surface area contributed by atoms with Crippen molar-refractivity contribution >= 4 is 68.2 Å². The van der Waals surface area contributed by atoms with Gasteiger partial charge in [0.2, 0.25) is 0 Å². The van der Waals surface area contributed by atoms with E-state index >= 15 is 0 Å². The number of rotatable bonds is 10. The highest BCUT2D eigenvalue weighted by atomic mass is 15.2. The van der Waals surface area contributed by atoms with E-state index in [-0.39, 0.29) is 27.1 Å². The van der Waals surface area contributed by atoms with Crippen molar-refractivity contribution in [1.82, 2.24) is 0 Å². The van der Waals surface area contributed by atoms with Crippen LogP contribution in [0, 0.1) is 0 Å². The number of hydrogen-bond acceptors (Lipinski definition) is 5. The zero-order valence-electron chi connectivity index (χ0n) is 79.1. The van der Waals surface area contributed by atoms with Gasteiger partial charge in [-0.1, -0.05) is 401 Å². The second-order valence-corrected chi connectivity index (χ2v) is 38.8. The van der Waals surface area contributed by atoms with E-state index in [4.69, 9.17) is 0 Å². The Morgan fingerprint density at radius 2 is 0.432 bits per heavy atom. The van der Waals surface area contributed by atoms with Crippen molar-refractivity contribution in [3.63, 3.8) is 0 Å². The predicted molar refractivity (Wildman–Crippen MR) is 560 cm³/mol. The van der Waals surface area contributed by atoms with Crippen molar-refractivity contribution in [2.24, 2.45) is 0 Å². The van der Waals surface area contributed by atoms with Gasteiger partial charge >= 0.3 is 0 Å². The summed E-state index contributed by atoms with van der Waals surface area (Å²) >= 11 is 0. The molecule has 0 saturated heterocycles. The summed E-state index contributed by atoms with van der Waals surface area (Å²) in [5.74, 6) is 1.07. The number of hydrogen-bond donors (Lipinski definition) is 0. The summed E-state index contributed by atoms with van der Waals surface area (Å²) in [5, 5.41) is 0.